The molecule has 56 heavy (non-hydrogen) atoms. The van der Waals surface area contributed by atoms with Gasteiger partial charge in [0.1, 0.15) is 0 Å². The van der Waals surface area contributed by atoms with Crippen molar-refractivity contribution in [3.8, 4) is 0 Å². The molecule has 1 aromatic carbocycles. The molecule has 2 aliphatic rings. The fourth-order valence-electron chi connectivity index (χ4n) is 6.11. The zero-order chi connectivity index (χ0) is 41.8. The van der Waals surface area contributed by atoms with Crippen molar-refractivity contribution in [3.05, 3.63) is 77.9 Å². The van der Waals surface area contributed by atoms with Crippen molar-refractivity contribution in [1.29, 1.82) is 0 Å². The summed E-state index contributed by atoms with van der Waals surface area (Å²) in [7, 11) is 1.84. The van der Waals surface area contributed by atoms with Crippen LogP contribution in [0.25, 0.3) is 17.2 Å². The van der Waals surface area contributed by atoms with Gasteiger partial charge in [0.2, 0.25) is 0 Å². The Morgan fingerprint density at radius 2 is 1.64 bits per heavy atom. The molecule has 1 saturated carbocycles. The number of benzene rings is 1. The number of aliphatic imine (C=N–C) groups is 2. The highest BCUT2D eigenvalue weighted by atomic mass is 15.5. The molecule has 2 aliphatic carbocycles. The summed E-state index contributed by atoms with van der Waals surface area (Å²) >= 11 is 0. The predicted molar refractivity (Wildman–Crippen MR) is 249 cm³/mol. The first-order valence-electron chi connectivity index (χ1n) is 21.5. The third-order valence-electron chi connectivity index (χ3n) is 10.8. The monoisotopic (exact) mass is 767 g/mol. The Balaban J connectivity index is 0.000000445. The normalized spacial score (nSPS) is 15.3. The van der Waals surface area contributed by atoms with E-state index in [0.29, 0.717) is 17.8 Å². The van der Waals surface area contributed by atoms with Gasteiger partial charge in [-0.2, -0.15) is 14.9 Å². The van der Waals surface area contributed by atoms with Crippen LogP contribution in [0.3, 0.4) is 0 Å². The van der Waals surface area contributed by atoms with Crippen LogP contribution >= 0.6 is 0 Å². The zero-order valence-corrected chi connectivity index (χ0v) is 37.4. The summed E-state index contributed by atoms with van der Waals surface area (Å²) in [6.45, 7) is 26.3. The second kappa shape index (κ2) is 29.1. The highest BCUT2D eigenvalue weighted by molar-refractivity contribution is 6.30. The van der Waals surface area contributed by atoms with Crippen LogP contribution in [0.4, 0.5) is 0 Å². The number of nitrogens with two attached hydrogens (primary N) is 1. The summed E-state index contributed by atoms with van der Waals surface area (Å²) in [5.74, 6) is 7.79. The van der Waals surface area contributed by atoms with Gasteiger partial charge in [-0.05, 0) is 86.5 Å². The Kier molecular flexibility index (Phi) is 25.9. The Bertz CT molecular complexity index is 1600. The summed E-state index contributed by atoms with van der Waals surface area (Å²) in [5, 5.41) is 17.1. The van der Waals surface area contributed by atoms with Crippen molar-refractivity contribution in [3.63, 3.8) is 0 Å². The third-order valence-corrected chi connectivity index (χ3v) is 10.8. The largest absolute Gasteiger partial charge is 0.323 e. The molecule has 0 amide bonds. The number of rotatable bonds is 17. The van der Waals surface area contributed by atoms with Gasteiger partial charge < -0.3 is 5.84 Å². The Hall–Kier alpha value is -4.20. The van der Waals surface area contributed by atoms with Crippen molar-refractivity contribution in [2.45, 2.75) is 159 Å². The molecule has 0 bridgehead atoms. The Labute approximate surface area is 342 Å². The van der Waals surface area contributed by atoms with Gasteiger partial charge in [0.05, 0.1) is 12.3 Å². The molecule has 310 valence electrons. The second-order valence-corrected chi connectivity index (χ2v) is 15.1. The smallest absolute Gasteiger partial charge is 0.185 e. The van der Waals surface area contributed by atoms with Crippen LogP contribution < -0.4 is 5.84 Å². The molecule has 0 unspecified atom stereocenters. The molecule has 1 aromatic heterocycles. The first kappa shape index (κ1) is 49.8. The molecule has 0 aliphatic heterocycles. The number of aromatic nitrogens is 3. The minimum Gasteiger partial charge on any atom is -0.323 e. The second-order valence-electron chi connectivity index (χ2n) is 15.1. The van der Waals surface area contributed by atoms with E-state index < -0.39 is 0 Å². The van der Waals surface area contributed by atoms with Crippen LogP contribution in [0.1, 0.15) is 176 Å². The first-order valence-corrected chi connectivity index (χ1v) is 21.5. The van der Waals surface area contributed by atoms with Gasteiger partial charge in [0, 0.05) is 30.3 Å². The van der Waals surface area contributed by atoms with Gasteiger partial charge >= 0.3 is 0 Å². The fourth-order valence-corrected chi connectivity index (χ4v) is 6.11. The van der Waals surface area contributed by atoms with E-state index in [-0.39, 0.29) is 0 Å². The summed E-state index contributed by atoms with van der Waals surface area (Å²) < 4.78 is 1.84. The summed E-state index contributed by atoms with van der Waals surface area (Å²) in [5.41, 5.74) is 8.40. The van der Waals surface area contributed by atoms with Gasteiger partial charge in [-0.15, -0.1) is 10.2 Å². The molecule has 0 saturated heterocycles. The summed E-state index contributed by atoms with van der Waals surface area (Å²) in [4.78, 5) is 9.04. The van der Waals surface area contributed by atoms with Gasteiger partial charge in [0.25, 0.3) is 0 Å². The van der Waals surface area contributed by atoms with Crippen molar-refractivity contribution < 1.29 is 0 Å². The number of hydrogen-bond acceptors (Lipinski definition) is 7. The zero-order valence-electron chi connectivity index (χ0n) is 37.4. The lowest BCUT2D eigenvalue weighted by Crippen LogP contribution is -2.15. The third kappa shape index (κ3) is 17.7. The average Bonchev–Trinajstić information content (AvgIpc) is 3.63. The molecule has 2 N–H and O–H groups in total. The number of nitrogens with zero attached hydrogens (tertiary/aromatic N) is 7. The van der Waals surface area contributed by atoms with Gasteiger partial charge in [-0.25, -0.2) is 0 Å². The fraction of sp³-hybridized carbons (Fsp3) is 0.583. The maximum atomic E-state index is 5.45. The molecule has 1 heterocycles. The molecule has 8 heteroatoms. The number of unbranched alkanes of at least 4 members (excludes halogenated alkanes) is 1. The molecule has 4 rings (SSSR count). The number of hydrogen-bond donors (Lipinski definition) is 1. The number of hydrazone groups is 1. The quantitative estimate of drug-likeness (QED) is 0.0984. The van der Waals surface area contributed by atoms with Gasteiger partial charge in [0.15, 0.2) is 11.6 Å². The molecule has 1 fully saturated rings. The Morgan fingerprint density at radius 1 is 0.982 bits per heavy atom. The predicted octanol–water partition coefficient (Wildman–Crippen LogP) is 13.2. The standard InChI is InChI=1S/C20H30N4.C17H22N4.C8H18.C3H8/c1-5-7-13-18(24-21)14-23-15-19(20(6-2)22-4)16(3)17-11-9-8-10-12-17;1-3-16-18-19-17(15-10-5-4-6-11-15)21(16)20-13(2)12-14-8-7-9-14;1-5-8(4,6-2)7-3;1-3-2/h8-12,14H,5-7,13,15,21H2,1-4H3;3,5,10-11,14H,1,4,6-9,12H2,2H3;5-7H2,1-4H3;3H2,1-2H3/b19-16+,22-20?,23-14?,24-18-;20-13-;;. The molecule has 0 radical (unpaired) electrons. The average molecular weight is 767 g/mol. The van der Waals surface area contributed by atoms with E-state index in [1.807, 2.05) is 17.8 Å². The Morgan fingerprint density at radius 3 is 2.11 bits per heavy atom. The SMILES string of the molecule is C=Cc1nnc(C2=CCCC=C2)n1/N=C(/C)CC1CCC1.CCC.CCC(C)(CC)CC.CCCC/C(C=NC/C(C(CC)=NC)=C(/C)c1ccccc1)=N/N. The van der Waals surface area contributed by atoms with Crippen LogP contribution in [0.2, 0.25) is 0 Å². The van der Waals surface area contributed by atoms with E-state index >= 15 is 0 Å². The lowest BCUT2D eigenvalue weighted by Gasteiger charge is -2.24. The van der Waals surface area contributed by atoms with Gasteiger partial charge in [-0.1, -0.05) is 162 Å². The minimum absolute atomic E-state index is 0.590. The highest BCUT2D eigenvalue weighted by Crippen LogP contribution is 2.30. The molecule has 2 aromatic rings. The lowest BCUT2D eigenvalue weighted by atomic mass is 9.82. The minimum atomic E-state index is 0.590. The molecular formula is C48H78N8. The topological polar surface area (TPSA) is 106 Å². The van der Waals surface area contributed by atoms with E-state index in [1.165, 1.54) is 61.7 Å². The maximum Gasteiger partial charge on any atom is 0.185 e. The lowest BCUT2D eigenvalue weighted by molar-refractivity contribution is 0.286. The summed E-state index contributed by atoms with van der Waals surface area (Å²) in [6, 6.07) is 10.4. The van der Waals surface area contributed by atoms with E-state index in [0.717, 1.165) is 79.4 Å². The van der Waals surface area contributed by atoms with Crippen LogP contribution in [0.5, 0.6) is 0 Å². The van der Waals surface area contributed by atoms with Crippen LogP contribution in [0, 0.1) is 11.3 Å². The van der Waals surface area contributed by atoms with E-state index in [4.69, 9.17) is 10.9 Å². The van der Waals surface area contributed by atoms with Crippen molar-refractivity contribution >= 4 is 40.6 Å². The summed E-state index contributed by atoms with van der Waals surface area (Å²) in [6.07, 6.45) is 26.4. The van der Waals surface area contributed by atoms with Crippen molar-refractivity contribution in [2.75, 3.05) is 13.6 Å². The van der Waals surface area contributed by atoms with Crippen LogP contribution in [-0.4, -0.2) is 51.8 Å². The molecule has 0 spiro atoms. The van der Waals surface area contributed by atoms with E-state index in [9.17, 15) is 0 Å². The van der Waals surface area contributed by atoms with Crippen LogP contribution in [0.15, 0.2) is 80.9 Å². The number of allylic oxidation sites excluding steroid dienone is 5. The van der Waals surface area contributed by atoms with E-state index in [1.54, 1.807) is 12.3 Å². The molecular weight excluding hydrogens is 689 g/mol. The van der Waals surface area contributed by atoms with Crippen LogP contribution in [-0.2, 0) is 0 Å². The van der Waals surface area contributed by atoms with E-state index in [2.05, 4.69) is 144 Å². The van der Waals surface area contributed by atoms with Gasteiger partial charge in [-0.3, -0.25) is 9.98 Å². The molecule has 8 nitrogen and oxygen atoms in total. The van der Waals surface area contributed by atoms with Crippen molar-refractivity contribution in [1.82, 2.24) is 14.9 Å². The van der Waals surface area contributed by atoms with Crippen molar-refractivity contribution in [2.24, 2.45) is 37.4 Å². The maximum absolute atomic E-state index is 5.45. The molecule has 0 atom stereocenters. The first-order chi connectivity index (χ1) is 27.0. The highest BCUT2D eigenvalue weighted by Gasteiger charge is 2.19.